The Bertz CT molecular complexity index is 1070. The number of hydrogen-bond acceptors (Lipinski definition) is 4. The van der Waals surface area contributed by atoms with Gasteiger partial charge in [0.25, 0.3) is 0 Å². The van der Waals surface area contributed by atoms with Crippen molar-refractivity contribution in [2.45, 2.75) is 52.6 Å². The molecule has 1 aromatic carbocycles. The van der Waals surface area contributed by atoms with Crippen LogP contribution in [0.3, 0.4) is 0 Å². The van der Waals surface area contributed by atoms with Crippen LogP contribution < -0.4 is 4.72 Å². The number of benzene rings is 1. The van der Waals surface area contributed by atoms with Crippen LogP contribution in [0.5, 0.6) is 0 Å². The number of aryl methyl sites for hydroxylation is 3. The average Bonchev–Trinajstić information content (AvgIpc) is 3.09. The van der Waals surface area contributed by atoms with Gasteiger partial charge in [-0.15, -0.1) is 0 Å². The Hall–Kier alpha value is -2.45. The summed E-state index contributed by atoms with van der Waals surface area (Å²) >= 11 is 0. The van der Waals surface area contributed by atoms with Gasteiger partial charge in [-0.2, -0.15) is 10.2 Å². The highest BCUT2D eigenvalue weighted by molar-refractivity contribution is 7.89. The van der Waals surface area contributed by atoms with Crippen molar-refractivity contribution in [1.29, 1.82) is 0 Å². The van der Waals surface area contributed by atoms with E-state index in [4.69, 9.17) is 0 Å². The van der Waals surface area contributed by atoms with E-state index in [-0.39, 0.29) is 11.4 Å². The summed E-state index contributed by atoms with van der Waals surface area (Å²) in [6.07, 6.45) is 0. The van der Waals surface area contributed by atoms with E-state index < -0.39 is 10.0 Å². The normalized spacial score (nSPS) is 11.9. The number of nitrogens with one attached hydrogen (secondary N) is 1. The summed E-state index contributed by atoms with van der Waals surface area (Å²) in [5.41, 5.74) is 4.61. The van der Waals surface area contributed by atoms with E-state index in [1.807, 2.05) is 55.8 Å². The fourth-order valence-corrected chi connectivity index (χ4v) is 4.76. The molecule has 3 aromatic rings. The average molecular weight is 388 g/mol. The van der Waals surface area contributed by atoms with E-state index in [1.54, 1.807) is 18.5 Å². The molecule has 0 fully saturated rings. The summed E-state index contributed by atoms with van der Waals surface area (Å²) in [5, 5.41) is 8.88. The van der Waals surface area contributed by atoms with Crippen molar-refractivity contribution in [2.24, 2.45) is 0 Å². The molecule has 0 amide bonds. The van der Waals surface area contributed by atoms with E-state index in [2.05, 4.69) is 14.9 Å². The minimum Gasteiger partial charge on any atom is -0.270 e. The number of hydrogen-bond donors (Lipinski definition) is 1. The van der Waals surface area contributed by atoms with Gasteiger partial charge in [-0.25, -0.2) is 17.8 Å². The summed E-state index contributed by atoms with van der Waals surface area (Å²) in [5.74, 6) is 0. The molecule has 8 heteroatoms. The Balaban J connectivity index is 1.92. The maximum Gasteiger partial charge on any atom is 0.244 e. The smallest absolute Gasteiger partial charge is 0.244 e. The predicted octanol–water partition coefficient (Wildman–Crippen LogP) is 2.80. The standard InChI is InChI=1S/C19H25N5O2S/c1-6-23-15(4)18(13(2)21-23)12-20-27(25,26)19-14(3)22-24(16(19)5)17-10-8-7-9-11-17/h7-11,20H,6,12H2,1-5H3. The molecule has 0 atom stereocenters. The lowest BCUT2D eigenvalue weighted by molar-refractivity contribution is 0.579. The molecule has 0 spiro atoms. The molecule has 0 aliphatic carbocycles. The Morgan fingerprint density at radius 2 is 1.63 bits per heavy atom. The van der Waals surface area contributed by atoms with E-state index in [0.717, 1.165) is 29.2 Å². The first-order chi connectivity index (χ1) is 12.8. The maximum absolute atomic E-state index is 13.0. The van der Waals surface area contributed by atoms with Crippen LogP contribution in [0.25, 0.3) is 5.69 Å². The Kier molecular flexibility index (Phi) is 5.21. The molecule has 0 aliphatic rings. The van der Waals surface area contributed by atoms with Crippen molar-refractivity contribution < 1.29 is 8.42 Å². The molecule has 2 aromatic heterocycles. The molecule has 0 aliphatic heterocycles. The Labute approximate surface area is 160 Å². The third-order valence-corrected chi connectivity index (χ3v) is 6.42. The van der Waals surface area contributed by atoms with Crippen LogP contribution in [-0.4, -0.2) is 28.0 Å². The summed E-state index contributed by atoms with van der Waals surface area (Å²) in [6, 6.07) is 9.50. The summed E-state index contributed by atoms with van der Waals surface area (Å²) in [6.45, 7) is 10.3. The van der Waals surface area contributed by atoms with Crippen LogP contribution in [0.1, 0.15) is 35.3 Å². The number of rotatable bonds is 6. The second-order valence-electron chi connectivity index (χ2n) is 6.54. The molecule has 144 valence electrons. The SMILES string of the molecule is CCn1nc(C)c(CNS(=O)(=O)c2c(C)nn(-c3ccccc3)c2C)c1C. The number of sulfonamides is 1. The van der Waals surface area contributed by atoms with Gasteiger partial charge in [0, 0.05) is 24.3 Å². The van der Waals surface area contributed by atoms with Crippen LogP contribution >= 0.6 is 0 Å². The molecule has 0 unspecified atom stereocenters. The molecule has 2 heterocycles. The highest BCUT2D eigenvalue weighted by Gasteiger charge is 2.25. The van der Waals surface area contributed by atoms with Crippen molar-refractivity contribution in [2.75, 3.05) is 0 Å². The van der Waals surface area contributed by atoms with Crippen molar-refractivity contribution in [3.63, 3.8) is 0 Å². The minimum absolute atomic E-state index is 0.204. The lowest BCUT2D eigenvalue weighted by atomic mass is 10.2. The first-order valence-corrected chi connectivity index (χ1v) is 10.4. The molecule has 0 saturated heterocycles. The van der Waals surface area contributed by atoms with Gasteiger partial charge in [0.1, 0.15) is 4.90 Å². The summed E-state index contributed by atoms with van der Waals surface area (Å²) < 4.78 is 32.3. The third kappa shape index (κ3) is 3.54. The lowest BCUT2D eigenvalue weighted by Gasteiger charge is -2.09. The number of para-hydroxylation sites is 1. The molecule has 0 bridgehead atoms. The van der Waals surface area contributed by atoms with E-state index in [0.29, 0.717) is 11.4 Å². The van der Waals surface area contributed by atoms with Gasteiger partial charge in [0.05, 0.1) is 22.8 Å². The van der Waals surface area contributed by atoms with Crippen LogP contribution in [0, 0.1) is 27.7 Å². The first kappa shape index (κ1) is 19.3. The second-order valence-corrected chi connectivity index (χ2v) is 8.24. The van der Waals surface area contributed by atoms with Gasteiger partial charge >= 0.3 is 0 Å². The molecule has 1 N–H and O–H groups in total. The Morgan fingerprint density at radius 3 is 2.22 bits per heavy atom. The zero-order valence-electron chi connectivity index (χ0n) is 16.3. The highest BCUT2D eigenvalue weighted by atomic mass is 32.2. The summed E-state index contributed by atoms with van der Waals surface area (Å²) in [7, 11) is -3.71. The minimum atomic E-state index is -3.71. The largest absolute Gasteiger partial charge is 0.270 e. The number of nitrogens with zero attached hydrogens (tertiary/aromatic N) is 4. The molecule has 27 heavy (non-hydrogen) atoms. The van der Waals surface area contributed by atoms with Crippen molar-refractivity contribution in [1.82, 2.24) is 24.3 Å². The predicted molar refractivity (Wildman–Crippen MR) is 104 cm³/mol. The number of aromatic nitrogens is 4. The van der Waals surface area contributed by atoms with Gasteiger partial charge in [-0.05, 0) is 46.8 Å². The monoisotopic (exact) mass is 387 g/mol. The molecular formula is C19H25N5O2S. The van der Waals surface area contributed by atoms with Gasteiger partial charge in [0.2, 0.25) is 10.0 Å². The van der Waals surface area contributed by atoms with E-state index in [9.17, 15) is 8.42 Å². The fraction of sp³-hybridized carbons (Fsp3) is 0.368. The van der Waals surface area contributed by atoms with Crippen LogP contribution in [0.15, 0.2) is 35.2 Å². The van der Waals surface area contributed by atoms with Gasteiger partial charge < -0.3 is 0 Å². The second kappa shape index (κ2) is 7.28. The summed E-state index contributed by atoms with van der Waals surface area (Å²) in [4.78, 5) is 0.226. The fourth-order valence-electron chi connectivity index (χ4n) is 3.37. The topological polar surface area (TPSA) is 81.8 Å². The molecule has 7 nitrogen and oxygen atoms in total. The zero-order chi connectivity index (χ0) is 19.8. The molecule has 0 saturated carbocycles. The van der Waals surface area contributed by atoms with Crippen LogP contribution in [0.4, 0.5) is 0 Å². The van der Waals surface area contributed by atoms with Gasteiger partial charge in [-0.1, -0.05) is 18.2 Å². The van der Waals surface area contributed by atoms with Crippen molar-refractivity contribution in [3.8, 4) is 5.69 Å². The van der Waals surface area contributed by atoms with Gasteiger partial charge in [0.15, 0.2) is 0 Å². The Morgan fingerprint density at radius 1 is 0.963 bits per heavy atom. The van der Waals surface area contributed by atoms with Crippen molar-refractivity contribution in [3.05, 3.63) is 58.7 Å². The lowest BCUT2D eigenvalue weighted by Crippen LogP contribution is -2.25. The van der Waals surface area contributed by atoms with Crippen LogP contribution in [-0.2, 0) is 23.1 Å². The van der Waals surface area contributed by atoms with Crippen molar-refractivity contribution >= 4 is 10.0 Å². The first-order valence-electron chi connectivity index (χ1n) is 8.90. The van der Waals surface area contributed by atoms with Gasteiger partial charge in [-0.3, -0.25) is 4.68 Å². The third-order valence-electron chi connectivity index (χ3n) is 4.76. The highest BCUT2D eigenvalue weighted by Crippen LogP contribution is 2.23. The molecular weight excluding hydrogens is 362 g/mol. The van der Waals surface area contributed by atoms with E-state index in [1.165, 1.54) is 0 Å². The molecule has 0 radical (unpaired) electrons. The maximum atomic E-state index is 13.0. The molecule has 3 rings (SSSR count). The van der Waals surface area contributed by atoms with Crippen LogP contribution in [0.2, 0.25) is 0 Å². The quantitative estimate of drug-likeness (QED) is 0.705. The zero-order valence-corrected chi connectivity index (χ0v) is 17.1. The van der Waals surface area contributed by atoms with E-state index >= 15 is 0 Å².